The lowest BCUT2D eigenvalue weighted by Gasteiger charge is -2.28. The van der Waals surface area contributed by atoms with Gasteiger partial charge in [-0.1, -0.05) is 30.3 Å². The molecule has 5 rings (SSSR count). The number of amides is 2. The van der Waals surface area contributed by atoms with Gasteiger partial charge in [-0.25, -0.2) is 19.6 Å². The number of nitrogens with one attached hydrogen (secondary N) is 1. The standard InChI is InChI=1S/C37H54N6O7/c1-24-22-43(31-27(24)30(39-23-40-31)41(10)33(44)49-35(2,3)4)32-29-28(47-37(8,9)48-29)26(46-32)21-38-18-14-19-42(34(45)50-36(5,6)7)20-17-25-15-12-11-13-16-25/h11-13,15-16,22-23,26,28-29,32,38H,14,17-21H2,1-10H3/t26-,28-,29-,32-/m1/s1. The average Bonchev–Trinajstić information content (AvgIpc) is 3.64. The molecule has 3 aromatic rings. The van der Waals surface area contributed by atoms with Crippen molar-refractivity contribution >= 4 is 29.0 Å². The van der Waals surface area contributed by atoms with Crippen molar-refractivity contribution in [2.45, 2.75) is 117 Å². The number of aryl methyl sites for hydroxylation is 1. The highest BCUT2D eigenvalue weighted by Crippen LogP contribution is 2.44. The van der Waals surface area contributed by atoms with E-state index in [2.05, 4.69) is 27.4 Å². The molecule has 2 saturated heterocycles. The number of ether oxygens (including phenoxy) is 5. The third-order valence-corrected chi connectivity index (χ3v) is 8.46. The summed E-state index contributed by atoms with van der Waals surface area (Å²) in [5.41, 5.74) is 1.45. The lowest BCUT2D eigenvalue weighted by molar-refractivity contribution is -0.195. The summed E-state index contributed by atoms with van der Waals surface area (Å²) in [6.45, 7) is 19.2. The first-order chi connectivity index (χ1) is 23.4. The van der Waals surface area contributed by atoms with E-state index in [1.807, 2.05) is 91.3 Å². The van der Waals surface area contributed by atoms with Crippen LogP contribution in [0.2, 0.25) is 0 Å². The summed E-state index contributed by atoms with van der Waals surface area (Å²) in [6, 6.07) is 10.1. The number of hydrogen-bond acceptors (Lipinski definition) is 10. The molecule has 0 saturated carbocycles. The van der Waals surface area contributed by atoms with E-state index < -0.39 is 35.4 Å². The van der Waals surface area contributed by atoms with Crippen LogP contribution in [0.15, 0.2) is 42.9 Å². The molecule has 50 heavy (non-hydrogen) atoms. The first-order valence-electron chi connectivity index (χ1n) is 17.4. The first-order valence-corrected chi connectivity index (χ1v) is 17.4. The van der Waals surface area contributed by atoms with E-state index in [4.69, 9.17) is 23.7 Å². The molecular formula is C37H54N6O7. The Labute approximate surface area is 295 Å². The van der Waals surface area contributed by atoms with Gasteiger partial charge in [0.25, 0.3) is 0 Å². The Morgan fingerprint density at radius 3 is 2.30 bits per heavy atom. The van der Waals surface area contributed by atoms with E-state index in [1.54, 1.807) is 11.9 Å². The third-order valence-electron chi connectivity index (χ3n) is 8.46. The van der Waals surface area contributed by atoms with Gasteiger partial charge in [0, 0.05) is 32.9 Å². The molecule has 0 unspecified atom stereocenters. The summed E-state index contributed by atoms with van der Waals surface area (Å²) in [5, 5.41) is 4.25. The van der Waals surface area contributed by atoms with Crippen LogP contribution in [0, 0.1) is 6.92 Å². The number of fused-ring (bicyclic) bond motifs is 2. The second-order valence-corrected chi connectivity index (χ2v) is 15.5. The predicted octanol–water partition coefficient (Wildman–Crippen LogP) is 5.99. The molecule has 0 spiro atoms. The minimum atomic E-state index is -0.794. The van der Waals surface area contributed by atoms with Crippen molar-refractivity contribution in [3.63, 3.8) is 0 Å². The van der Waals surface area contributed by atoms with E-state index in [1.165, 1.54) is 16.8 Å². The van der Waals surface area contributed by atoms with Crippen LogP contribution in [0.3, 0.4) is 0 Å². The topological polar surface area (TPSA) is 130 Å². The van der Waals surface area contributed by atoms with Gasteiger partial charge in [0.2, 0.25) is 0 Å². The van der Waals surface area contributed by atoms with Crippen LogP contribution in [0.5, 0.6) is 0 Å². The minimum absolute atomic E-state index is 0.310. The molecule has 13 nitrogen and oxygen atoms in total. The number of nitrogens with zero attached hydrogens (tertiary/aromatic N) is 5. The smallest absolute Gasteiger partial charge is 0.415 e. The van der Waals surface area contributed by atoms with Gasteiger partial charge in [-0.15, -0.1) is 0 Å². The first kappa shape index (κ1) is 37.5. The maximum atomic E-state index is 13.0. The SMILES string of the molecule is Cc1cn([C@@H]2O[C@H](CNCCCN(CCc3ccccc3)C(=O)OC(C)(C)C)[C@H]3OC(C)(C)O[C@H]32)c2ncnc(N(C)C(=O)OC(C)(C)C)c12. The molecule has 2 fully saturated rings. The van der Waals surface area contributed by atoms with E-state index in [0.717, 1.165) is 23.8 Å². The van der Waals surface area contributed by atoms with E-state index in [9.17, 15) is 9.59 Å². The molecule has 0 aliphatic carbocycles. The number of anilines is 1. The van der Waals surface area contributed by atoms with Crippen molar-refractivity contribution in [3.05, 3.63) is 54.0 Å². The van der Waals surface area contributed by atoms with Crippen molar-refractivity contribution in [2.24, 2.45) is 0 Å². The maximum Gasteiger partial charge on any atom is 0.415 e. The Kier molecular flexibility index (Phi) is 11.1. The maximum absolute atomic E-state index is 13.0. The molecule has 274 valence electrons. The zero-order chi connectivity index (χ0) is 36.4. The molecule has 2 aliphatic rings. The fourth-order valence-corrected chi connectivity index (χ4v) is 6.33. The summed E-state index contributed by atoms with van der Waals surface area (Å²) >= 11 is 0. The van der Waals surface area contributed by atoms with Crippen LogP contribution < -0.4 is 10.2 Å². The lowest BCUT2D eigenvalue weighted by atomic mass is 10.1. The van der Waals surface area contributed by atoms with Gasteiger partial charge < -0.3 is 38.5 Å². The number of aromatic nitrogens is 3. The van der Waals surface area contributed by atoms with Gasteiger partial charge in [-0.3, -0.25) is 4.90 Å². The molecule has 0 bridgehead atoms. The van der Waals surface area contributed by atoms with Crippen LogP contribution in [0.25, 0.3) is 11.0 Å². The van der Waals surface area contributed by atoms with Crippen LogP contribution in [0.4, 0.5) is 15.4 Å². The number of carbonyl (C=O) groups excluding carboxylic acids is 2. The van der Waals surface area contributed by atoms with Crippen molar-refractivity contribution in [1.29, 1.82) is 0 Å². The Morgan fingerprint density at radius 2 is 1.62 bits per heavy atom. The average molecular weight is 695 g/mol. The second-order valence-electron chi connectivity index (χ2n) is 15.5. The van der Waals surface area contributed by atoms with Gasteiger partial charge in [0.1, 0.15) is 41.5 Å². The zero-order valence-corrected chi connectivity index (χ0v) is 31.2. The summed E-state index contributed by atoms with van der Waals surface area (Å²) in [6.07, 6.45) is 2.50. The largest absolute Gasteiger partial charge is 0.444 e. The Bertz CT molecular complexity index is 1630. The van der Waals surface area contributed by atoms with Crippen LogP contribution in [-0.4, -0.2) is 100 Å². The highest BCUT2D eigenvalue weighted by Gasteiger charge is 2.56. The third kappa shape index (κ3) is 9.11. The molecule has 4 atom stereocenters. The Balaban J connectivity index is 1.25. The Morgan fingerprint density at radius 1 is 0.960 bits per heavy atom. The summed E-state index contributed by atoms with van der Waals surface area (Å²) in [5.74, 6) is -0.349. The van der Waals surface area contributed by atoms with Gasteiger partial charge in [-0.05, 0) is 92.8 Å². The lowest BCUT2D eigenvalue weighted by Crippen LogP contribution is -2.40. The molecule has 1 aromatic carbocycles. The van der Waals surface area contributed by atoms with Crippen LogP contribution >= 0.6 is 0 Å². The quantitative estimate of drug-likeness (QED) is 0.239. The van der Waals surface area contributed by atoms with Crippen molar-refractivity contribution < 1.29 is 33.3 Å². The normalized spacial score (nSPS) is 21.6. The fourth-order valence-electron chi connectivity index (χ4n) is 6.33. The number of carbonyl (C=O) groups is 2. The number of rotatable bonds is 11. The van der Waals surface area contributed by atoms with Crippen LogP contribution in [0.1, 0.15) is 79.2 Å². The van der Waals surface area contributed by atoms with E-state index in [-0.39, 0.29) is 18.3 Å². The van der Waals surface area contributed by atoms with Gasteiger partial charge in [-0.2, -0.15) is 0 Å². The number of benzene rings is 1. The van der Waals surface area contributed by atoms with Gasteiger partial charge >= 0.3 is 12.2 Å². The fraction of sp³-hybridized carbons (Fsp3) is 0.622. The minimum Gasteiger partial charge on any atom is -0.444 e. The molecule has 1 N–H and O–H groups in total. The second kappa shape index (κ2) is 14.8. The molecule has 0 radical (unpaired) electrons. The molecule has 2 amide bonds. The zero-order valence-electron chi connectivity index (χ0n) is 31.2. The molecule has 4 heterocycles. The molecule has 13 heteroatoms. The molecule has 2 aliphatic heterocycles. The highest BCUT2D eigenvalue weighted by atomic mass is 16.8. The summed E-state index contributed by atoms with van der Waals surface area (Å²) in [4.78, 5) is 38.2. The van der Waals surface area contributed by atoms with Crippen LogP contribution in [-0.2, 0) is 30.1 Å². The molecule has 2 aromatic heterocycles. The van der Waals surface area contributed by atoms with Gasteiger partial charge in [0.15, 0.2) is 17.8 Å². The van der Waals surface area contributed by atoms with Crippen molar-refractivity contribution in [1.82, 2.24) is 24.8 Å². The summed E-state index contributed by atoms with van der Waals surface area (Å²) in [7, 11) is 1.64. The van der Waals surface area contributed by atoms with Gasteiger partial charge in [0.05, 0.1) is 5.39 Å². The van der Waals surface area contributed by atoms with Crippen molar-refractivity contribution in [3.8, 4) is 0 Å². The highest BCUT2D eigenvalue weighted by molar-refractivity contribution is 5.99. The predicted molar refractivity (Wildman–Crippen MR) is 190 cm³/mol. The van der Waals surface area contributed by atoms with Crippen molar-refractivity contribution in [2.75, 3.05) is 38.1 Å². The number of hydrogen-bond donors (Lipinski definition) is 1. The molecular weight excluding hydrogens is 640 g/mol. The van der Waals surface area contributed by atoms with E-state index in [0.29, 0.717) is 37.6 Å². The summed E-state index contributed by atoms with van der Waals surface area (Å²) < 4.78 is 32.7. The van der Waals surface area contributed by atoms with E-state index >= 15 is 0 Å². The monoisotopic (exact) mass is 694 g/mol. The Hall–Kier alpha value is -3.78.